The number of nitrogens with zero attached hydrogens (tertiary/aromatic N) is 4. The summed E-state index contributed by atoms with van der Waals surface area (Å²) < 4.78 is 0. The highest BCUT2D eigenvalue weighted by molar-refractivity contribution is 7.99. The number of anilines is 1. The second-order valence-electron chi connectivity index (χ2n) is 6.23. The summed E-state index contributed by atoms with van der Waals surface area (Å²) in [7, 11) is 0. The molecule has 0 N–H and O–H groups in total. The first-order valence-corrected chi connectivity index (χ1v) is 10.7. The highest BCUT2D eigenvalue weighted by atomic mass is 32.2. The van der Waals surface area contributed by atoms with E-state index in [1.807, 2.05) is 52.7 Å². The van der Waals surface area contributed by atoms with Crippen molar-refractivity contribution in [3.63, 3.8) is 0 Å². The molecule has 138 valence electrons. The molecule has 1 amide bonds. The third-order valence-electron chi connectivity index (χ3n) is 4.51. The van der Waals surface area contributed by atoms with Gasteiger partial charge in [-0.15, -0.1) is 21.5 Å². The predicted octanol–water partition coefficient (Wildman–Crippen LogP) is 3.65. The summed E-state index contributed by atoms with van der Waals surface area (Å²) in [4.78, 5) is 17.9. The highest BCUT2D eigenvalue weighted by Gasteiger charge is 2.21. The monoisotopic (exact) mass is 396 g/mol. The minimum atomic E-state index is 0.164. The van der Waals surface area contributed by atoms with Gasteiger partial charge in [-0.25, -0.2) is 0 Å². The average molecular weight is 397 g/mol. The number of amides is 1. The SMILES string of the molecule is O=C(CSc1ccc(-c2cccs2)nn1)N1CCN(c2ccccc2)CC1. The summed E-state index contributed by atoms with van der Waals surface area (Å²) in [5, 5.41) is 11.3. The van der Waals surface area contributed by atoms with Crippen LogP contribution in [0, 0.1) is 0 Å². The maximum absolute atomic E-state index is 12.5. The van der Waals surface area contributed by atoms with E-state index in [1.54, 1.807) is 11.3 Å². The third kappa shape index (κ3) is 4.48. The van der Waals surface area contributed by atoms with Gasteiger partial charge in [-0.05, 0) is 35.7 Å². The van der Waals surface area contributed by atoms with Crippen LogP contribution in [0.3, 0.4) is 0 Å². The molecule has 3 aromatic rings. The van der Waals surface area contributed by atoms with Gasteiger partial charge < -0.3 is 9.80 Å². The molecule has 1 aromatic carbocycles. The van der Waals surface area contributed by atoms with E-state index in [0.717, 1.165) is 41.8 Å². The maximum Gasteiger partial charge on any atom is 0.233 e. The Morgan fingerprint density at radius 3 is 2.44 bits per heavy atom. The fourth-order valence-electron chi connectivity index (χ4n) is 3.03. The average Bonchev–Trinajstić information content (AvgIpc) is 3.28. The summed E-state index contributed by atoms with van der Waals surface area (Å²) in [6.45, 7) is 3.26. The molecule has 7 heteroatoms. The van der Waals surface area contributed by atoms with E-state index in [0.29, 0.717) is 5.75 Å². The zero-order chi connectivity index (χ0) is 18.5. The first-order valence-electron chi connectivity index (χ1n) is 8.88. The molecule has 1 fully saturated rings. The molecule has 1 saturated heterocycles. The molecule has 1 aliphatic heterocycles. The molecule has 0 atom stereocenters. The fourth-order valence-corrected chi connectivity index (χ4v) is 4.44. The van der Waals surface area contributed by atoms with Crippen LogP contribution >= 0.6 is 23.1 Å². The molecule has 27 heavy (non-hydrogen) atoms. The van der Waals surface area contributed by atoms with E-state index in [2.05, 4.69) is 27.2 Å². The van der Waals surface area contributed by atoms with Crippen LogP contribution in [0.1, 0.15) is 0 Å². The number of carbonyl (C=O) groups excluding carboxylic acids is 1. The van der Waals surface area contributed by atoms with Gasteiger partial charge >= 0.3 is 0 Å². The molecule has 0 unspecified atom stereocenters. The van der Waals surface area contributed by atoms with Gasteiger partial charge in [0, 0.05) is 31.9 Å². The van der Waals surface area contributed by atoms with Gasteiger partial charge in [-0.1, -0.05) is 36.0 Å². The number of thioether (sulfide) groups is 1. The smallest absolute Gasteiger partial charge is 0.233 e. The summed E-state index contributed by atoms with van der Waals surface area (Å²) in [5.74, 6) is 0.565. The van der Waals surface area contributed by atoms with E-state index in [9.17, 15) is 4.79 Å². The first kappa shape index (κ1) is 18.0. The number of para-hydroxylation sites is 1. The molecule has 4 rings (SSSR count). The molecule has 5 nitrogen and oxygen atoms in total. The molecule has 0 aliphatic carbocycles. The Balaban J connectivity index is 1.26. The van der Waals surface area contributed by atoms with Crippen LogP contribution in [-0.4, -0.2) is 52.9 Å². The lowest BCUT2D eigenvalue weighted by molar-refractivity contribution is -0.128. The van der Waals surface area contributed by atoms with Crippen LogP contribution in [0.4, 0.5) is 5.69 Å². The van der Waals surface area contributed by atoms with E-state index >= 15 is 0 Å². The van der Waals surface area contributed by atoms with Gasteiger partial charge in [-0.2, -0.15) is 0 Å². The quantitative estimate of drug-likeness (QED) is 0.616. The van der Waals surface area contributed by atoms with Crippen LogP contribution in [0.2, 0.25) is 0 Å². The molecule has 2 aromatic heterocycles. The van der Waals surface area contributed by atoms with Crippen molar-refractivity contribution in [1.29, 1.82) is 0 Å². The summed E-state index contributed by atoms with van der Waals surface area (Å²) in [6, 6.07) is 18.3. The van der Waals surface area contributed by atoms with E-state index in [4.69, 9.17) is 0 Å². The predicted molar refractivity (Wildman–Crippen MR) is 111 cm³/mol. The normalized spacial score (nSPS) is 14.4. The molecule has 0 spiro atoms. The summed E-state index contributed by atoms with van der Waals surface area (Å²) in [6.07, 6.45) is 0. The Morgan fingerprint density at radius 1 is 0.963 bits per heavy atom. The molecule has 0 bridgehead atoms. The van der Waals surface area contributed by atoms with Crippen LogP contribution in [0.15, 0.2) is 65.0 Å². The van der Waals surface area contributed by atoms with Crippen molar-refractivity contribution in [3.05, 3.63) is 60.0 Å². The molecular weight excluding hydrogens is 376 g/mol. The van der Waals surface area contributed by atoms with Crippen LogP contribution in [-0.2, 0) is 4.79 Å². The molecular formula is C20H20N4OS2. The number of piperazine rings is 1. The number of aromatic nitrogens is 2. The lowest BCUT2D eigenvalue weighted by Gasteiger charge is -2.36. The van der Waals surface area contributed by atoms with E-state index in [-0.39, 0.29) is 5.91 Å². The van der Waals surface area contributed by atoms with Crippen molar-refractivity contribution in [3.8, 4) is 10.6 Å². The number of rotatable bonds is 5. The number of hydrogen-bond donors (Lipinski definition) is 0. The number of hydrogen-bond acceptors (Lipinski definition) is 6. The summed E-state index contributed by atoms with van der Waals surface area (Å²) >= 11 is 3.09. The van der Waals surface area contributed by atoms with Gasteiger partial charge in [-0.3, -0.25) is 4.79 Å². The number of benzene rings is 1. The van der Waals surface area contributed by atoms with Crippen LogP contribution in [0.5, 0.6) is 0 Å². The largest absolute Gasteiger partial charge is 0.368 e. The van der Waals surface area contributed by atoms with E-state index < -0.39 is 0 Å². The summed E-state index contributed by atoms with van der Waals surface area (Å²) in [5.41, 5.74) is 2.10. The standard InChI is InChI=1S/C20H20N4OS2/c25-20(24-12-10-23(11-13-24)16-5-2-1-3-6-16)15-27-19-9-8-17(21-22-19)18-7-4-14-26-18/h1-9,14H,10-13,15H2. The van der Waals surface area contributed by atoms with Crippen molar-refractivity contribution in [1.82, 2.24) is 15.1 Å². The lowest BCUT2D eigenvalue weighted by Crippen LogP contribution is -2.49. The zero-order valence-electron chi connectivity index (χ0n) is 14.8. The Morgan fingerprint density at radius 2 is 1.78 bits per heavy atom. The minimum absolute atomic E-state index is 0.164. The highest BCUT2D eigenvalue weighted by Crippen LogP contribution is 2.24. The zero-order valence-corrected chi connectivity index (χ0v) is 16.5. The molecule has 0 saturated carbocycles. The van der Waals surface area contributed by atoms with Crippen molar-refractivity contribution in [2.45, 2.75) is 5.03 Å². The molecule has 1 aliphatic rings. The van der Waals surface area contributed by atoms with Crippen molar-refractivity contribution >= 4 is 34.7 Å². The van der Waals surface area contributed by atoms with Gasteiger partial charge in [0.25, 0.3) is 0 Å². The second-order valence-corrected chi connectivity index (χ2v) is 8.17. The second kappa shape index (κ2) is 8.54. The van der Waals surface area contributed by atoms with Gasteiger partial charge in [0.2, 0.25) is 5.91 Å². The Hall–Kier alpha value is -2.38. The van der Waals surface area contributed by atoms with Gasteiger partial charge in [0.05, 0.1) is 10.6 Å². The van der Waals surface area contributed by atoms with E-state index in [1.165, 1.54) is 17.4 Å². The maximum atomic E-state index is 12.5. The van der Waals surface area contributed by atoms with Gasteiger partial charge in [0.1, 0.15) is 10.7 Å². The molecule has 0 radical (unpaired) electrons. The minimum Gasteiger partial charge on any atom is -0.368 e. The Bertz CT molecular complexity index is 861. The fraction of sp³-hybridized carbons (Fsp3) is 0.250. The van der Waals surface area contributed by atoms with Gasteiger partial charge in [0.15, 0.2) is 0 Å². The van der Waals surface area contributed by atoms with Crippen LogP contribution < -0.4 is 4.90 Å². The molecule has 3 heterocycles. The number of thiophene rings is 1. The number of carbonyl (C=O) groups is 1. The van der Waals surface area contributed by atoms with Crippen LogP contribution in [0.25, 0.3) is 10.6 Å². The topological polar surface area (TPSA) is 49.3 Å². The Labute approximate surface area is 167 Å². The van der Waals surface area contributed by atoms with Crippen molar-refractivity contribution in [2.24, 2.45) is 0 Å². The van der Waals surface area contributed by atoms with Crippen molar-refractivity contribution < 1.29 is 4.79 Å². The van der Waals surface area contributed by atoms with Crippen molar-refractivity contribution in [2.75, 3.05) is 36.8 Å². The first-order chi connectivity index (χ1) is 13.3. The lowest BCUT2D eigenvalue weighted by atomic mass is 10.2. The Kier molecular flexibility index (Phi) is 5.69. The third-order valence-corrected chi connectivity index (χ3v) is 6.31.